The van der Waals surface area contributed by atoms with Crippen molar-refractivity contribution in [1.82, 2.24) is 10.2 Å². The fourth-order valence-electron chi connectivity index (χ4n) is 2.31. The Morgan fingerprint density at radius 3 is 2.55 bits per heavy atom. The van der Waals surface area contributed by atoms with Gasteiger partial charge in [0.25, 0.3) is 0 Å². The molecule has 1 aromatic rings. The molecule has 1 aromatic heterocycles. The lowest BCUT2D eigenvalue weighted by Crippen LogP contribution is -2.44. The van der Waals surface area contributed by atoms with Crippen molar-refractivity contribution in [2.75, 3.05) is 6.54 Å². The van der Waals surface area contributed by atoms with Crippen LogP contribution >= 0.6 is 11.3 Å². The molecule has 0 aliphatic carbocycles. The first-order chi connectivity index (χ1) is 9.16. The molecular weight excluding hydrogens is 289 g/mol. The van der Waals surface area contributed by atoms with Crippen molar-refractivity contribution in [3.05, 3.63) is 21.9 Å². The van der Waals surface area contributed by atoms with E-state index in [9.17, 15) is 18.0 Å². The van der Waals surface area contributed by atoms with Crippen molar-refractivity contribution in [3.63, 3.8) is 0 Å². The van der Waals surface area contributed by atoms with E-state index in [1.807, 2.05) is 13.0 Å². The highest BCUT2D eigenvalue weighted by Crippen LogP contribution is 2.37. The average molecular weight is 306 g/mol. The summed E-state index contributed by atoms with van der Waals surface area (Å²) in [5.41, 5.74) is -0.937. The zero-order valence-corrected chi connectivity index (χ0v) is 12.4. The molecule has 112 valence electrons. The van der Waals surface area contributed by atoms with E-state index < -0.39 is 30.3 Å². The summed E-state index contributed by atoms with van der Waals surface area (Å²) in [5.74, 6) is -0.492. The van der Waals surface area contributed by atoms with Crippen LogP contribution in [-0.2, 0) is 4.79 Å². The summed E-state index contributed by atoms with van der Waals surface area (Å²) in [6, 6.07) is 3.62. The molecule has 0 bridgehead atoms. The standard InChI is InChI=1S/C13H17F3N2OS/c1-4-12(3)11(19)18(7-13(14,15)16)10(17-12)9-6-5-8(2)20-9/h5-6,10,17H,4,7H2,1-3H3. The molecule has 20 heavy (non-hydrogen) atoms. The Balaban J connectivity index is 2.35. The molecule has 0 radical (unpaired) electrons. The average Bonchev–Trinajstić information content (AvgIpc) is 2.86. The number of rotatable bonds is 3. The number of carbonyl (C=O) groups excluding carboxylic acids is 1. The Hall–Kier alpha value is -1.08. The second-order valence-electron chi connectivity index (χ2n) is 5.23. The van der Waals surface area contributed by atoms with Crippen LogP contribution in [0.4, 0.5) is 13.2 Å². The molecule has 2 rings (SSSR count). The minimum absolute atomic E-state index is 0.445. The lowest BCUT2D eigenvalue weighted by atomic mass is 9.99. The molecule has 1 saturated heterocycles. The smallest absolute Gasteiger partial charge is 0.311 e. The largest absolute Gasteiger partial charge is 0.406 e. The van der Waals surface area contributed by atoms with E-state index >= 15 is 0 Å². The van der Waals surface area contributed by atoms with Crippen LogP contribution in [0.25, 0.3) is 0 Å². The third-order valence-electron chi connectivity index (χ3n) is 3.59. The van der Waals surface area contributed by atoms with Gasteiger partial charge in [0.2, 0.25) is 5.91 Å². The van der Waals surface area contributed by atoms with Gasteiger partial charge in [-0.15, -0.1) is 11.3 Å². The Bertz CT molecular complexity index is 514. The van der Waals surface area contributed by atoms with E-state index in [1.165, 1.54) is 11.3 Å². The van der Waals surface area contributed by atoms with Gasteiger partial charge < -0.3 is 4.90 Å². The van der Waals surface area contributed by atoms with Crippen LogP contribution in [0.3, 0.4) is 0 Å². The molecule has 2 unspecified atom stereocenters. The number of hydrogen-bond donors (Lipinski definition) is 1. The number of alkyl halides is 3. The SMILES string of the molecule is CCC1(C)NC(c2ccc(C)s2)N(CC(F)(F)F)C1=O. The second kappa shape index (κ2) is 5.04. The van der Waals surface area contributed by atoms with E-state index in [0.717, 1.165) is 14.7 Å². The summed E-state index contributed by atoms with van der Waals surface area (Å²) in [4.78, 5) is 14.9. The molecule has 0 spiro atoms. The van der Waals surface area contributed by atoms with E-state index in [1.54, 1.807) is 19.9 Å². The van der Waals surface area contributed by atoms with E-state index in [-0.39, 0.29) is 0 Å². The minimum Gasteiger partial charge on any atom is -0.311 e. The van der Waals surface area contributed by atoms with Gasteiger partial charge in [0.15, 0.2) is 0 Å². The molecule has 1 aliphatic heterocycles. The van der Waals surface area contributed by atoms with Crippen molar-refractivity contribution in [3.8, 4) is 0 Å². The Kier molecular flexibility index (Phi) is 3.85. The lowest BCUT2D eigenvalue weighted by molar-refractivity contribution is -0.162. The van der Waals surface area contributed by atoms with Crippen LogP contribution in [0, 0.1) is 6.92 Å². The third-order valence-corrected chi connectivity index (χ3v) is 4.64. The van der Waals surface area contributed by atoms with Crippen molar-refractivity contribution in [1.29, 1.82) is 0 Å². The second-order valence-corrected chi connectivity index (χ2v) is 6.55. The molecule has 1 fully saturated rings. The predicted molar refractivity (Wildman–Crippen MR) is 71.4 cm³/mol. The zero-order chi connectivity index (χ0) is 15.1. The minimum atomic E-state index is -4.40. The van der Waals surface area contributed by atoms with Crippen LogP contribution in [0.5, 0.6) is 0 Å². The number of carbonyl (C=O) groups is 1. The highest BCUT2D eigenvalue weighted by Gasteiger charge is 2.50. The van der Waals surface area contributed by atoms with E-state index in [0.29, 0.717) is 6.42 Å². The number of nitrogens with one attached hydrogen (secondary N) is 1. The first-order valence-corrected chi connectivity index (χ1v) is 7.20. The maximum Gasteiger partial charge on any atom is 0.406 e. The maximum absolute atomic E-state index is 12.7. The summed E-state index contributed by atoms with van der Waals surface area (Å²) < 4.78 is 38.1. The van der Waals surface area contributed by atoms with E-state index in [2.05, 4.69) is 5.32 Å². The topological polar surface area (TPSA) is 32.3 Å². The van der Waals surface area contributed by atoms with Gasteiger partial charge in [-0.05, 0) is 32.4 Å². The summed E-state index contributed by atoms with van der Waals surface area (Å²) in [6.07, 6.45) is -4.66. The number of aryl methyl sites for hydroxylation is 1. The van der Waals surface area contributed by atoms with Crippen LogP contribution < -0.4 is 5.32 Å². The van der Waals surface area contributed by atoms with Gasteiger partial charge in [0.1, 0.15) is 12.7 Å². The van der Waals surface area contributed by atoms with Crippen LogP contribution in [0.1, 0.15) is 36.2 Å². The molecule has 2 heterocycles. The summed E-state index contributed by atoms with van der Waals surface area (Å²) >= 11 is 1.40. The fraction of sp³-hybridized carbons (Fsp3) is 0.615. The zero-order valence-electron chi connectivity index (χ0n) is 11.5. The van der Waals surface area contributed by atoms with Gasteiger partial charge >= 0.3 is 6.18 Å². The highest BCUT2D eigenvalue weighted by molar-refractivity contribution is 7.12. The lowest BCUT2D eigenvalue weighted by Gasteiger charge is -2.24. The summed E-state index contributed by atoms with van der Waals surface area (Å²) in [5, 5.41) is 3.06. The van der Waals surface area contributed by atoms with Gasteiger partial charge in [-0.2, -0.15) is 13.2 Å². The summed E-state index contributed by atoms with van der Waals surface area (Å²) in [7, 11) is 0. The van der Waals surface area contributed by atoms with Gasteiger partial charge in [0.05, 0.1) is 5.54 Å². The number of amides is 1. The molecule has 0 aromatic carbocycles. The molecule has 1 N–H and O–H groups in total. The van der Waals surface area contributed by atoms with Gasteiger partial charge in [0, 0.05) is 9.75 Å². The molecular formula is C13H17F3N2OS. The van der Waals surface area contributed by atoms with Crippen molar-refractivity contribution >= 4 is 17.2 Å². The molecule has 3 nitrogen and oxygen atoms in total. The maximum atomic E-state index is 12.7. The quantitative estimate of drug-likeness (QED) is 0.930. The monoisotopic (exact) mass is 306 g/mol. The number of halogens is 3. The fourth-order valence-corrected chi connectivity index (χ4v) is 3.25. The molecule has 0 saturated carbocycles. The van der Waals surface area contributed by atoms with Crippen LogP contribution in [0.2, 0.25) is 0 Å². The Morgan fingerprint density at radius 1 is 1.45 bits per heavy atom. The van der Waals surface area contributed by atoms with Crippen LogP contribution in [0.15, 0.2) is 12.1 Å². The van der Waals surface area contributed by atoms with Crippen molar-refractivity contribution < 1.29 is 18.0 Å². The van der Waals surface area contributed by atoms with Crippen molar-refractivity contribution in [2.45, 2.75) is 45.1 Å². The predicted octanol–water partition coefficient (Wildman–Crippen LogP) is 3.22. The van der Waals surface area contributed by atoms with Gasteiger partial charge in [-0.25, -0.2) is 0 Å². The molecule has 7 heteroatoms. The third kappa shape index (κ3) is 2.83. The van der Waals surface area contributed by atoms with E-state index in [4.69, 9.17) is 0 Å². The van der Waals surface area contributed by atoms with Crippen LogP contribution in [-0.4, -0.2) is 29.1 Å². The number of nitrogens with zero attached hydrogens (tertiary/aromatic N) is 1. The normalized spacial score (nSPS) is 27.4. The first kappa shape index (κ1) is 15.3. The number of thiophene rings is 1. The van der Waals surface area contributed by atoms with Gasteiger partial charge in [-0.3, -0.25) is 10.1 Å². The molecule has 1 aliphatic rings. The molecule has 1 amide bonds. The Labute approximate surface area is 119 Å². The first-order valence-electron chi connectivity index (χ1n) is 6.38. The van der Waals surface area contributed by atoms with Crippen molar-refractivity contribution in [2.24, 2.45) is 0 Å². The Morgan fingerprint density at radius 2 is 2.10 bits per heavy atom. The van der Waals surface area contributed by atoms with Gasteiger partial charge in [-0.1, -0.05) is 6.92 Å². The number of hydrogen-bond acceptors (Lipinski definition) is 3. The summed E-state index contributed by atoms with van der Waals surface area (Å²) in [6.45, 7) is 4.10. The highest BCUT2D eigenvalue weighted by atomic mass is 32.1. The molecule has 2 atom stereocenters.